The van der Waals surface area contributed by atoms with Gasteiger partial charge in [0, 0.05) is 37.2 Å². The summed E-state index contributed by atoms with van der Waals surface area (Å²) in [5.74, 6) is 0. The van der Waals surface area contributed by atoms with Crippen molar-refractivity contribution in [3.8, 4) is 0 Å². The first-order valence-corrected chi connectivity index (χ1v) is 10.5. The van der Waals surface area contributed by atoms with E-state index in [1.54, 1.807) is 0 Å². The van der Waals surface area contributed by atoms with Crippen LogP contribution in [-0.2, 0) is 0 Å². The van der Waals surface area contributed by atoms with Crippen LogP contribution in [0.15, 0.2) is 0 Å². The Morgan fingerprint density at radius 2 is 1.00 bits per heavy atom. The molecule has 0 saturated heterocycles. The van der Waals surface area contributed by atoms with Gasteiger partial charge in [0.2, 0.25) is 0 Å². The highest BCUT2D eigenvalue weighted by molar-refractivity contribution is 15.0. The van der Waals surface area contributed by atoms with Crippen LogP contribution in [0.4, 0.5) is 0 Å². The van der Waals surface area contributed by atoms with E-state index in [4.69, 9.17) is 0 Å². The van der Waals surface area contributed by atoms with Gasteiger partial charge in [-0.2, -0.15) is 0 Å². The lowest BCUT2D eigenvalue weighted by Crippen LogP contribution is -1.48. The molecule has 0 rings (SSSR count). The lowest BCUT2D eigenvalue weighted by Gasteiger charge is -1.81. The molecule has 0 nitrogen and oxygen atoms in total. The molecular formula is C3H9I2P. The first-order valence-electron chi connectivity index (χ1n) is 1.48. The second-order valence-corrected chi connectivity index (χ2v) is 4.02. The van der Waals surface area contributed by atoms with Crippen molar-refractivity contribution in [1.82, 2.24) is 0 Å². The summed E-state index contributed by atoms with van der Waals surface area (Å²) < 4.78 is 0. The van der Waals surface area contributed by atoms with Crippen LogP contribution in [0.1, 0.15) is 0 Å². The third kappa shape index (κ3) is 39.4. The Hall–Kier alpha value is 1.89. The van der Waals surface area contributed by atoms with Crippen molar-refractivity contribution in [3.05, 3.63) is 0 Å². The summed E-state index contributed by atoms with van der Waals surface area (Å²) in [4.78, 5) is 0. The van der Waals surface area contributed by atoms with Crippen LogP contribution in [0.5, 0.6) is 0 Å². The summed E-state index contributed by atoms with van der Waals surface area (Å²) in [6, 6.07) is 0. The van der Waals surface area contributed by atoms with E-state index in [2.05, 4.69) is 57.2 Å². The lowest BCUT2D eigenvalue weighted by molar-refractivity contribution is 2.13. The zero-order valence-electron chi connectivity index (χ0n) is 4.20. The van der Waals surface area contributed by atoms with E-state index >= 15 is 0 Å². The van der Waals surface area contributed by atoms with Gasteiger partial charge < -0.3 is 0 Å². The fraction of sp³-hybridized carbons (Fsp3) is 1.00. The molecule has 0 amide bonds. The van der Waals surface area contributed by atoms with Crippen LogP contribution in [0.3, 0.4) is 0 Å². The highest BCUT2D eigenvalue weighted by Gasteiger charge is 1.65. The molecule has 6 heavy (non-hydrogen) atoms. The molecule has 0 heterocycles. The summed E-state index contributed by atoms with van der Waals surface area (Å²) in [6.07, 6.45) is 0. The standard InChI is InChI=1S/C3H9P.I2/c1-4(2)3;1-2/h1-3H3;. The number of hydrogen-bond donors (Lipinski definition) is 0. The molecule has 0 spiro atoms. The van der Waals surface area contributed by atoms with E-state index in [9.17, 15) is 0 Å². The first-order chi connectivity index (χ1) is 2.73. The summed E-state index contributed by atoms with van der Waals surface area (Å²) >= 11 is 4.24. The molecule has 0 aliphatic carbocycles. The smallest absolute Gasteiger partial charge is 0 e. The average Bonchev–Trinajstić information content (AvgIpc) is 1.41. The largest absolute Gasteiger partial charge is 0.116 e. The van der Waals surface area contributed by atoms with E-state index in [0.717, 1.165) is 0 Å². The third-order valence-corrected chi connectivity index (χ3v) is 0. The van der Waals surface area contributed by atoms with Gasteiger partial charge in [-0.05, 0) is 20.0 Å². The molecule has 0 unspecified atom stereocenters. The van der Waals surface area contributed by atoms with Gasteiger partial charge in [-0.15, -0.1) is 7.92 Å². The van der Waals surface area contributed by atoms with Crippen molar-refractivity contribution >= 4 is 45.2 Å². The molecule has 0 fully saturated rings. The van der Waals surface area contributed by atoms with Crippen LogP contribution in [-0.4, -0.2) is 20.0 Å². The Morgan fingerprint density at radius 1 is 1.00 bits per heavy atom. The molecule has 40 valence electrons. The van der Waals surface area contributed by atoms with E-state index in [1.807, 2.05) is 0 Å². The third-order valence-electron chi connectivity index (χ3n) is 0. The fourth-order valence-electron chi connectivity index (χ4n) is 0. The molecule has 0 saturated carbocycles. The Bertz CT molecular complexity index is 13.5. The van der Waals surface area contributed by atoms with E-state index in [1.165, 1.54) is 0 Å². The van der Waals surface area contributed by atoms with Crippen molar-refractivity contribution in [1.29, 1.82) is 0 Å². The zero-order chi connectivity index (χ0) is 5.58. The van der Waals surface area contributed by atoms with Crippen molar-refractivity contribution < 1.29 is 0 Å². The first kappa shape index (κ1) is 10.8. The van der Waals surface area contributed by atoms with Crippen LogP contribution in [0, 0.1) is 0 Å². The summed E-state index contributed by atoms with van der Waals surface area (Å²) in [6.45, 7) is 6.69. The van der Waals surface area contributed by atoms with E-state index < -0.39 is 0 Å². The molecular weight excluding hydrogens is 321 g/mol. The van der Waals surface area contributed by atoms with Gasteiger partial charge in [0.1, 0.15) is 0 Å². The predicted molar refractivity (Wildman–Crippen MR) is 52.7 cm³/mol. The van der Waals surface area contributed by atoms with Gasteiger partial charge in [0.05, 0.1) is 0 Å². The Balaban J connectivity index is 0. The van der Waals surface area contributed by atoms with Gasteiger partial charge in [0.15, 0.2) is 0 Å². The second kappa shape index (κ2) is 10.00. The van der Waals surface area contributed by atoms with Crippen LogP contribution >= 0.6 is 45.2 Å². The molecule has 0 aromatic heterocycles. The molecule has 3 heteroatoms. The van der Waals surface area contributed by atoms with Gasteiger partial charge in [-0.1, -0.05) is 0 Å². The zero-order valence-corrected chi connectivity index (χ0v) is 9.41. The van der Waals surface area contributed by atoms with E-state index in [0.29, 0.717) is 7.92 Å². The minimum atomic E-state index is 0.380. The molecule has 0 bridgehead atoms. The van der Waals surface area contributed by atoms with Gasteiger partial charge in [-0.25, -0.2) is 0 Å². The second-order valence-electron chi connectivity index (χ2n) is 1.34. The molecule has 0 atom stereocenters. The molecule has 0 aromatic rings. The quantitative estimate of drug-likeness (QED) is 0.473. The summed E-state index contributed by atoms with van der Waals surface area (Å²) in [7, 11) is 0.380. The highest BCUT2D eigenvalue weighted by atomic mass is 128. The van der Waals surface area contributed by atoms with Crippen molar-refractivity contribution in [2.24, 2.45) is 0 Å². The maximum absolute atomic E-state index is 2.23. The summed E-state index contributed by atoms with van der Waals surface area (Å²) in [5.41, 5.74) is 0. The normalized spacial score (nSPS) is 7.00. The highest BCUT2D eigenvalue weighted by Crippen LogP contribution is 2.14. The minimum Gasteiger partial charge on any atom is -0.116 e. The van der Waals surface area contributed by atoms with Crippen molar-refractivity contribution in [2.45, 2.75) is 0 Å². The molecule has 0 aliphatic heterocycles. The van der Waals surface area contributed by atoms with Gasteiger partial charge in [-0.3, -0.25) is 0 Å². The number of hydrogen-bond acceptors (Lipinski definition) is 0. The topological polar surface area (TPSA) is 0 Å². The van der Waals surface area contributed by atoms with Crippen LogP contribution in [0.2, 0.25) is 0 Å². The van der Waals surface area contributed by atoms with Crippen LogP contribution in [0.25, 0.3) is 0 Å². The van der Waals surface area contributed by atoms with Crippen LogP contribution < -0.4 is 0 Å². The van der Waals surface area contributed by atoms with Gasteiger partial charge in [0.25, 0.3) is 0 Å². The van der Waals surface area contributed by atoms with Crippen molar-refractivity contribution in [2.75, 3.05) is 20.0 Å². The Kier molecular flexibility index (Phi) is 18.0. The lowest BCUT2D eigenvalue weighted by atomic mass is 11.9. The van der Waals surface area contributed by atoms with Crippen molar-refractivity contribution in [3.63, 3.8) is 0 Å². The monoisotopic (exact) mass is 330 g/mol. The minimum absolute atomic E-state index is 0.380. The molecule has 0 aromatic carbocycles. The molecule has 0 N–H and O–H groups in total. The number of halogens is 2. The predicted octanol–water partition coefficient (Wildman–Crippen LogP) is 3.13. The molecule has 0 aliphatic rings. The summed E-state index contributed by atoms with van der Waals surface area (Å²) in [5, 5.41) is 0. The van der Waals surface area contributed by atoms with E-state index in [-0.39, 0.29) is 0 Å². The SMILES string of the molecule is CP(C)C.II. The molecule has 0 radical (unpaired) electrons. The average molecular weight is 330 g/mol. The maximum Gasteiger partial charge on any atom is 0 e. The Labute approximate surface area is 64.5 Å². The maximum atomic E-state index is 2.23. The fourth-order valence-corrected chi connectivity index (χ4v) is 0. The Morgan fingerprint density at radius 3 is 1.00 bits per heavy atom. The number of rotatable bonds is 0. The van der Waals surface area contributed by atoms with Gasteiger partial charge >= 0.3 is 0 Å².